The second-order valence-electron chi connectivity index (χ2n) is 5.98. The molecule has 2 aromatic heterocycles. The average Bonchev–Trinajstić information content (AvgIpc) is 2.98. The van der Waals surface area contributed by atoms with Crippen LogP contribution in [0.3, 0.4) is 0 Å². The molecule has 3 rings (SSSR count). The highest BCUT2D eigenvalue weighted by molar-refractivity contribution is 7.99. The van der Waals surface area contributed by atoms with Gasteiger partial charge in [0.2, 0.25) is 0 Å². The molecule has 0 amide bonds. The van der Waals surface area contributed by atoms with Crippen LogP contribution in [-0.4, -0.2) is 14.8 Å². The van der Waals surface area contributed by atoms with Crippen molar-refractivity contribution in [2.45, 2.75) is 43.2 Å². The Hall–Kier alpha value is -2.00. The molecular formula is C20H20Cl2N4S. The molecule has 0 N–H and O–H groups in total. The van der Waals surface area contributed by atoms with Crippen LogP contribution in [0.5, 0.6) is 0 Å². The molecule has 0 atom stereocenters. The Balaban J connectivity index is 0.000000817. The largest absolute Gasteiger partial charge is 0.265 e. The normalized spacial score (nSPS) is 10.3. The van der Waals surface area contributed by atoms with E-state index in [1.165, 1.54) is 18.1 Å². The molecule has 140 valence electrons. The van der Waals surface area contributed by atoms with Crippen LogP contribution in [-0.2, 0) is 6.42 Å². The number of rotatable bonds is 5. The Morgan fingerprint density at radius 1 is 1.15 bits per heavy atom. The standard InChI is InChI=1S/C18H17Cl2N3S.C2H3N/c1-12(2)23-18(24-17-9-15(19)8-16(20)10-17)14(11-22-23)7-13-3-5-21-6-4-13;1-2-3/h3-6,8-12H,7H2,1-2H3;1H3. The van der Waals surface area contributed by atoms with E-state index in [9.17, 15) is 0 Å². The van der Waals surface area contributed by atoms with Crippen LogP contribution in [0.4, 0.5) is 0 Å². The zero-order chi connectivity index (χ0) is 19.8. The first kappa shape index (κ1) is 21.3. The zero-order valence-corrected chi connectivity index (χ0v) is 17.7. The Bertz CT molecular complexity index is 897. The number of hydrogen-bond donors (Lipinski definition) is 0. The van der Waals surface area contributed by atoms with E-state index in [-0.39, 0.29) is 6.04 Å². The molecule has 0 saturated heterocycles. The third-order valence-corrected chi connectivity index (χ3v) is 5.05. The van der Waals surface area contributed by atoms with Crippen LogP contribution < -0.4 is 0 Å². The SMILES string of the molecule is CC#N.CC(C)n1ncc(Cc2ccncc2)c1Sc1cc(Cl)cc(Cl)c1. The van der Waals surface area contributed by atoms with Gasteiger partial charge in [0.1, 0.15) is 5.03 Å². The lowest BCUT2D eigenvalue weighted by Crippen LogP contribution is -2.04. The van der Waals surface area contributed by atoms with E-state index >= 15 is 0 Å². The Morgan fingerprint density at radius 2 is 1.74 bits per heavy atom. The lowest BCUT2D eigenvalue weighted by atomic mass is 10.1. The number of aromatic nitrogens is 3. The third kappa shape index (κ3) is 6.28. The molecule has 0 aliphatic rings. The van der Waals surface area contributed by atoms with Gasteiger partial charge >= 0.3 is 0 Å². The summed E-state index contributed by atoms with van der Waals surface area (Å²) in [5.74, 6) is 0. The molecule has 2 heterocycles. The highest BCUT2D eigenvalue weighted by atomic mass is 35.5. The first-order chi connectivity index (χ1) is 12.9. The van der Waals surface area contributed by atoms with Crippen molar-refractivity contribution in [1.29, 1.82) is 5.26 Å². The summed E-state index contributed by atoms with van der Waals surface area (Å²) in [7, 11) is 0. The lowest BCUT2D eigenvalue weighted by Gasteiger charge is -2.13. The van der Waals surface area contributed by atoms with Gasteiger partial charge in [-0.3, -0.25) is 9.67 Å². The van der Waals surface area contributed by atoms with Gasteiger partial charge in [0.15, 0.2) is 0 Å². The molecular weight excluding hydrogens is 399 g/mol. The summed E-state index contributed by atoms with van der Waals surface area (Å²) in [5, 5.41) is 14.3. The molecule has 7 heteroatoms. The van der Waals surface area contributed by atoms with E-state index in [2.05, 4.69) is 23.9 Å². The molecule has 0 saturated carbocycles. The molecule has 0 unspecified atom stereocenters. The van der Waals surface area contributed by atoms with Crippen molar-refractivity contribution in [3.05, 3.63) is 70.1 Å². The van der Waals surface area contributed by atoms with Gasteiger partial charge in [-0.2, -0.15) is 10.4 Å². The van der Waals surface area contributed by atoms with Gasteiger partial charge in [-0.25, -0.2) is 0 Å². The summed E-state index contributed by atoms with van der Waals surface area (Å²) in [4.78, 5) is 5.08. The van der Waals surface area contributed by atoms with E-state index in [1.54, 1.807) is 23.9 Å². The van der Waals surface area contributed by atoms with Crippen LogP contribution in [0.15, 0.2) is 58.8 Å². The second-order valence-corrected chi connectivity index (χ2v) is 7.91. The monoisotopic (exact) mass is 418 g/mol. The summed E-state index contributed by atoms with van der Waals surface area (Å²) in [6.45, 7) is 5.68. The number of nitrogens with zero attached hydrogens (tertiary/aromatic N) is 4. The van der Waals surface area contributed by atoms with E-state index < -0.39 is 0 Å². The Kier molecular flexibility index (Phi) is 8.18. The van der Waals surface area contributed by atoms with Crippen LogP contribution >= 0.6 is 35.0 Å². The summed E-state index contributed by atoms with van der Waals surface area (Å²) in [6.07, 6.45) is 6.37. The molecule has 1 aromatic carbocycles. The number of benzene rings is 1. The van der Waals surface area contributed by atoms with Crippen LogP contribution in [0.2, 0.25) is 10.0 Å². The highest BCUT2D eigenvalue weighted by Crippen LogP contribution is 2.35. The molecule has 0 aliphatic heterocycles. The lowest BCUT2D eigenvalue weighted by molar-refractivity contribution is 0.491. The van der Waals surface area contributed by atoms with Crippen LogP contribution in [0.25, 0.3) is 0 Å². The van der Waals surface area contributed by atoms with E-state index in [1.807, 2.05) is 47.5 Å². The fourth-order valence-corrected chi connectivity index (χ4v) is 4.27. The maximum Gasteiger partial charge on any atom is 0.103 e. The van der Waals surface area contributed by atoms with Gasteiger partial charge in [0.05, 0.1) is 12.3 Å². The quantitative estimate of drug-likeness (QED) is 0.478. The van der Waals surface area contributed by atoms with Gasteiger partial charge in [0, 0.05) is 52.3 Å². The van der Waals surface area contributed by atoms with Crippen molar-refractivity contribution in [3.8, 4) is 6.07 Å². The average molecular weight is 419 g/mol. The minimum atomic E-state index is 0.272. The molecule has 3 aromatic rings. The molecule has 27 heavy (non-hydrogen) atoms. The van der Waals surface area contributed by atoms with E-state index in [0.717, 1.165) is 16.3 Å². The fraction of sp³-hybridized carbons (Fsp3) is 0.250. The summed E-state index contributed by atoms with van der Waals surface area (Å²) < 4.78 is 2.04. The van der Waals surface area contributed by atoms with Crippen molar-refractivity contribution in [2.75, 3.05) is 0 Å². The predicted molar refractivity (Wildman–Crippen MR) is 112 cm³/mol. The maximum absolute atomic E-state index is 7.32. The zero-order valence-electron chi connectivity index (χ0n) is 15.4. The Labute approximate surface area is 174 Å². The minimum Gasteiger partial charge on any atom is -0.265 e. The van der Waals surface area contributed by atoms with Gasteiger partial charge in [-0.15, -0.1) is 0 Å². The number of nitriles is 1. The van der Waals surface area contributed by atoms with Crippen LogP contribution in [0, 0.1) is 11.3 Å². The van der Waals surface area contributed by atoms with E-state index in [4.69, 9.17) is 28.5 Å². The molecule has 0 radical (unpaired) electrons. The van der Waals surface area contributed by atoms with Gasteiger partial charge in [0.25, 0.3) is 0 Å². The molecule has 0 spiro atoms. The molecule has 0 fully saturated rings. The van der Waals surface area contributed by atoms with Crippen molar-refractivity contribution >= 4 is 35.0 Å². The van der Waals surface area contributed by atoms with Crippen molar-refractivity contribution < 1.29 is 0 Å². The Morgan fingerprint density at radius 3 is 2.30 bits per heavy atom. The summed E-state index contributed by atoms with van der Waals surface area (Å²) in [6, 6.07) is 11.7. The smallest absolute Gasteiger partial charge is 0.103 e. The molecule has 4 nitrogen and oxygen atoms in total. The molecule has 0 bridgehead atoms. The number of hydrogen-bond acceptors (Lipinski definition) is 4. The fourth-order valence-electron chi connectivity index (χ4n) is 2.41. The van der Waals surface area contributed by atoms with Gasteiger partial charge in [-0.05, 0) is 49.7 Å². The number of halogens is 2. The van der Waals surface area contributed by atoms with Crippen LogP contribution in [0.1, 0.15) is 37.9 Å². The van der Waals surface area contributed by atoms with Gasteiger partial charge in [-0.1, -0.05) is 35.0 Å². The van der Waals surface area contributed by atoms with Crippen molar-refractivity contribution in [1.82, 2.24) is 14.8 Å². The third-order valence-electron chi connectivity index (χ3n) is 3.50. The first-order valence-corrected chi connectivity index (χ1v) is 9.92. The van der Waals surface area contributed by atoms with Crippen molar-refractivity contribution in [3.63, 3.8) is 0 Å². The van der Waals surface area contributed by atoms with Crippen molar-refractivity contribution in [2.24, 2.45) is 0 Å². The molecule has 0 aliphatic carbocycles. The maximum atomic E-state index is 7.32. The topological polar surface area (TPSA) is 54.5 Å². The summed E-state index contributed by atoms with van der Waals surface area (Å²) >= 11 is 13.9. The van der Waals surface area contributed by atoms with Gasteiger partial charge < -0.3 is 0 Å². The number of pyridine rings is 1. The summed E-state index contributed by atoms with van der Waals surface area (Å²) in [5.41, 5.74) is 2.38. The minimum absolute atomic E-state index is 0.272. The predicted octanol–water partition coefficient (Wildman–Crippen LogP) is 6.44. The first-order valence-electron chi connectivity index (χ1n) is 8.34. The second kappa shape index (κ2) is 10.4. The van der Waals surface area contributed by atoms with E-state index in [0.29, 0.717) is 10.0 Å². The highest BCUT2D eigenvalue weighted by Gasteiger charge is 2.15.